The summed E-state index contributed by atoms with van der Waals surface area (Å²) in [5, 5.41) is 0. The maximum atomic E-state index is 6.17. The molecule has 0 aromatic heterocycles. The Bertz CT molecular complexity index is 431. The van der Waals surface area contributed by atoms with Gasteiger partial charge in [-0.25, -0.2) is 0 Å². The molecule has 1 aromatic rings. The van der Waals surface area contributed by atoms with Crippen LogP contribution in [-0.2, 0) is 4.74 Å². The van der Waals surface area contributed by atoms with Crippen LogP contribution >= 0.6 is 15.9 Å². The average molecular weight is 313 g/mol. The van der Waals surface area contributed by atoms with E-state index in [4.69, 9.17) is 9.47 Å². The van der Waals surface area contributed by atoms with Crippen LogP contribution in [0.25, 0.3) is 0 Å². The van der Waals surface area contributed by atoms with Crippen LogP contribution in [0.5, 0.6) is 5.75 Å². The van der Waals surface area contributed by atoms with E-state index >= 15 is 0 Å². The van der Waals surface area contributed by atoms with Crippen LogP contribution in [0.2, 0.25) is 0 Å². The van der Waals surface area contributed by atoms with Crippen molar-refractivity contribution in [3.8, 4) is 5.75 Å². The summed E-state index contributed by atoms with van der Waals surface area (Å²) < 4.78 is 11.9. The summed E-state index contributed by atoms with van der Waals surface area (Å²) in [6, 6.07) is 4.27. The van der Waals surface area contributed by atoms with Gasteiger partial charge >= 0.3 is 0 Å². The number of halogens is 1. The lowest BCUT2D eigenvalue weighted by atomic mass is 9.91. The summed E-state index contributed by atoms with van der Waals surface area (Å²) >= 11 is 3.63. The van der Waals surface area contributed by atoms with Crippen LogP contribution in [0, 0.1) is 20.8 Å². The second kappa shape index (κ2) is 5.62. The van der Waals surface area contributed by atoms with E-state index in [1.807, 2.05) is 6.92 Å². The highest BCUT2D eigenvalue weighted by Gasteiger charge is 2.42. The predicted molar refractivity (Wildman–Crippen MR) is 77.8 cm³/mol. The number of aryl methyl sites for hydroxylation is 2. The van der Waals surface area contributed by atoms with Crippen molar-refractivity contribution in [3.63, 3.8) is 0 Å². The predicted octanol–water partition coefficient (Wildman–Crippen LogP) is 3.93. The maximum absolute atomic E-state index is 6.17. The van der Waals surface area contributed by atoms with Crippen molar-refractivity contribution in [1.29, 1.82) is 0 Å². The van der Waals surface area contributed by atoms with Gasteiger partial charge in [-0.15, -0.1) is 0 Å². The number of benzene rings is 1. The molecule has 0 saturated heterocycles. The molecule has 1 aliphatic carbocycles. The van der Waals surface area contributed by atoms with Crippen molar-refractivity contribution >= 4 is 15.9 Å². The maximum Gasteiger partial charge on any atom is 0.127 e. The molecule has 1 saturated carbocycles. The first kappa shape index (κ1) is 13.9. The fourth-order valence-corrected chi connectivity index (χ4v) is 3.17. The van der Waals surface area contributed by atoms with E-state index in [9.17, 15) is 0 Å². The molecular weight excluding hydrogens is 292 g/mol. The van der Waals surface area contributed by atoms with E-state index in [2.05, 4.69) is 48.8 Å². The van der Waals surface area contributed by atoms with Crippen molar-refractivity contribution in [1.82, 2.24) is 0 Å². The Hall–Kier alpha value is -0.540. The molecule has 0 radical (unpaired) electrons. The molecular formula is C15H21BrO2. The molecule has 0 N–H and O–H groups in total. The highest BCUT2D eigenvalue weighted by molar-refractivity contribution is 9.09. The van der Waals surface area contributed by atoms with Crippen LogP contribution in [0.1, 0.15) is 30.0 Å². The third-order valence-electron chi connectivity index (χ3n) is 3.68. The summed E-state index contributed by atoms with van der Waals surface area (Å²) in [6.45, 7) is 9.10. The van der Waals surface area contributed by atoms with E-state index in [0.29, 0.717) is 4.83 Å². The Morgan fingerprint density at radius 2 is 1.89 bits per heavy atom. The van der Waals surface area contributed by atoms with Gasteiger partial charge in [-0.05, 0) is 44.4 Å². The van der Waals surface area contributed by atoms with Crippen LogP contribution in [-0.4, -0.2) is 23.6 Å². The molecule has 2 rings (SSSR count). The van der Waals surface area contributed by atoms with Gasteiger partial charge in [0, 0.05) is 17.9 Å². The monoisotopic (exact) mass is 312 g/mol. The first-order chi connectivity index (χ1) is 8.54. The minimum atomic E-state index is 0.175. The highest BCUT2D eigenvalue weighted by atomic mass is 79.9. The van der Waals surface area contributed by atoms with E-state index < -0.39 is 0 Å². The van der Waals surface area contributed by atoms with Gasteiger partial charge in [0.1, 0.15) is 18.0 Å². The summed E-state index contributed by atoms with van der Waals surface area (Å²) in [6.07, 6.45) is 1.36. The summed E-state index contributed by atoms with van der Waals surface area (Å²) in [5.41, 5.74) is 3.72. The van der Waals surface area contributed by atoms with E-state index in [1.165, 1.54) is 16.7 Å². The topological polar surface area (TPSA) is 18.5 Å². The van der Waals surface area contributed by atoms with Crippen molar-refractivity contribution in [3.05, 3.63) is 28.8 Å². The van der Waals surface area contributed by atoms with Crippen molar-refractivity contribution in [2.45, 2.75) is 51.2 Å². The quantitative estimate of drug-likeness (QED) is 0.784. The number of alkyl halides is 1. The van der Waals surface area contributed by atoms with E-state index in [-0.39, 0.29) is 12.2 Å². The number of hydrogen-bond donors (Lipinski definition) is 0. The van der Waals surface area contributed by atoms with Crippen LogP contribution in [0.3, 0.4) is 0 Å². The molecule has 2 nitrogen and oxygen atoms in total. The Kier molecular flexibility index (Phi) is 4.33. The standard InChI is InChI=1S/C15H21BrO2/c1-5-17-15-12(16)8-13(15)18-14-10(3)7-6-9(2)11(14)4/h6-7,12-13,15H,5,8H2,1-4H3. The third-order valence-corrected chi connectivity index (χ3v) is 4.58. The van der Waals surface area contributed by atoms with Crippen molar-refractivity contribution in [2.24, 2.45) is 0 Å². The van der Waals surface area contributed by atoms with E-state index in [0.717, 1.165) is 18.8 Å². The smallest absolute Gasteiger partial charge is 0.127 e. The molecule has 1 aromatic carbocycles. The fraction of sp³-hybridized carbons (Fsp3) is 0.600. The van der Waals surface area contributed by atoms with Crippen LogP contribution in [0.4, 0.5) is 0 Å². The number of ether oxygens (including phenoxy) is 2. The van der Waals surface area contributed by atoms with Crippen LogP contribution < -0.4 is 4.74 Å². The van der Waals surface area contributed by atoms with Gasteiger partial charge in [0.05, 0.1) is 0 Å². The van der Waals surface area contributed by atoms with Gasteiger partial charge in [-0.1, -0.05) is 28.1 Å². The minimum absolute atomic E-state index is 0.175. The summed E-state index contributed by atoms with van der Waals surface area (Å²) in [7, 11) is 0. The first-order valence-corrected chi connectivity index (χ1v) is 7.45. The Morgan fingerprint density at radius 3 is 2.50 bits per heavy atom. The zero-order valence-electron chi connectivity index (χ0n) is 11.5. The SMILES string of the molecule is CCOC1C(Br)CC1Oc1c(C)ccc(C)c1C. The zero-order valence-corrected chi connectivity index (χ0v) is 13.1. The minimum Gasteiger partial charge on any atom is -0.487 e. The highest BCUT2D eigenvalue weighted by Crippen LogP contribution is 2.36. The zero-order chi connectivity index (χ0) is 13.3. The molecule has 0 amide bonds. The summed E-state index contributed by atoms with van der Waals surface area (Å²) in [4.78, 5) is 0.424. The Labute approximate surface area is 118 Å². The van der Waals surface area contributed by atoms with Gasteiger partial charge in [0.15, 0.2) is 0 Å². The van der Waals surface area contributed by atoms with Crippen molar-refractivity contribution in [2.75, 3.05) is 6.61 Å². The van der Waals surface area contributed by atoms with Gasteiger partial charge in [0.25, 0.3) is 0 Å². The normalized spacial score (nSPS) is 26.8. The second-order valence-corrected chi connectivity index (χ2v) is 6.16. The molecule has 100 valence electrons. The molecule has 3 unspecified atom stereocenters. The van der Waals surface area contributed by atoms with Gasteiger partial charge in [-0.2, -0.15) is 0 Å². The van der Waals surface area contributed by atoms with Crippen LogP contribution in [0.15, 0.2) is 12.1 Å². The van der Waals surface area contributed by atoms with Gasteiger partial charge in [0.2, 0.25) is 0 Å². The largest absolute Gasteiger partial charge is 0.487 e. The lowest BCUT2D eigenvalue weighted by molar-refractivity contribution is -0.0727. The molecule has 3 heteroatoms. The molecule has 0 heterocycles. The van der Waals surface area contributed by atoms with Gasteiger partial charge < -0.3 is 9.47 Å². The molecule has 0 aliphatic heterocycles. The number of hydrogen-bond acceptors (Lipinski definition) is 2. The Morgan fingerprint density at radius 1 is 1.22 bits per heavy atom. The van der Waals surface area contributed by atoms with E-state index in [1.54, 1.807) is 0 Å². The second-order valence-electron chi connectivity index (χ2n) is 4.98. The molecule has 0 spiro atoms. The lowest BCUT2D eigenvalue weighted by Crippen LogP contribution is -2.52. The molecule has 3 atom stereocenters. The lowest BCUT2D eigenvalue weighted by Gasteiger charge is -2.41. The average Bonchev–Trinajstić information content (AvgIpc) is 2.35. The fourth-order valence-electron chi connectivity index (χ4n) is 2.30. The van der Waals surface area contributed by atoms with Gasteiger partial charge in [-0.3, -0.25) is 0 Å². The number of rotatable bonds is 4. The molecule has 18 heavy (non-hydrogen) atoms. The Balaban J connectivity index is 2.13. The third kappa shape index (κ3) is 2.57. The molecule has 0 bridgehead atoms. The molecule has 1 aliphatic rings. The summed E-state index contributed by atoms with van der Waals surface area (Å²) in [5.74, 6) is 1.03. The molecule has 1 fully saturated rings. The van der Waals surface area contributed by atoms with Crippen molar-refractivity contribution < 1.29 is 9.47 Å². The first-order valence-electron chi connectivity index (χ1n) is 6.53.